The molecule has 0 aromatic heterocycles. The Morgan fingerprint density at radius 3 is 1.83 bits per heavy atom. The Balaban J connectivity index is 1.76. The predicted octanol–water partition coefficient (Wildman–Crippen LogP) is 6.84. The van der Waals surface area contributed by atoms with Crippen molar-refractivity contribution in [2.24, 2.45) is 0 Å². The maximum atomic E-state index is 2.69. The molecule has 3 aromatic rings. The molecule has 0 fully saturated rings. The van der Waals surface area contributed by atoms with Crippen molar-refractivity contribution in [2.75, 3.05) is 18.1 Å². The molecule has 0 aliphatic rings. The van der Waals surface area contributed by atoms with E-state index in [0.717, 1.165) is 6.54 Å². The molecule has 0 saturated carbocycles. The van der Waals surface area contributed by atoms with Crippen LogP contribution in [-0.2, 0) is 0 Å². The largest absolute Gasteiger partial charge is 0.427 e. The van der Waals surface area contributed by atoms with Crippen LogP contribution in [0, 0.1) is 0 Å². The van der Waals surface area contributed by atoms with Crippen molar-refractivity contribution in [3.8, 4) is 0 Å². The summed E-state index contributed by atoms with van der Waals surface area (Å²) >= 11 is 2.11. The summed E-state index contributed by atoms with van der Waals surface area (Å²) in [6.45, 7) is 3.38. The van der Waals surface area contributed by atoms with Gasteiger partial charge in [-0.05, 0) is 37.4 Å². The molecule has 0 aliphatic carbocycles. The van der Waals surface area contributed by atoms with Gasteiger partial charge in [-0.1, -0.05) is 117 Å². The standard InChI is InChI=1S/C26H32NP2S/c1-2-3-4-14-22-30-23-21-27(28-24-15-8-5-9-16-24)29(25-17-10-6-11-18-25)26-19-12-7-13-20-26/h5-13,15-20H,2-4,14,21-23H2,1H3/q-1. The van der Waals surface area contributed by atoms with Crippen LogP contribution in [0.5, 0.6) is 0 Å². The van der Waals surface area contributed by atoms with Gasteiger partial charge in [-0.3, -0.25) is 0 Å². The molecular weight excluding hydrogens is 420 g/mol. The molecule has 0 aliphatic heterocycles. The molecule has 0 spiro atoms. The fourth-order valence-corrected chi connectivity index (χ4v) is 8.55. The van der Waals surface area contributed by atoms with Crippen molar-refractivity contribution in [2.45, 2.75) is 32.6 Å². The second kappa shape index (κ2) is 14.0. The number of unbranched alkanes of at least 4 members (excludes halogenated alkanes) is 3. The van der Waals surface area contributed by atoms with Gasteiger partial charge in [0.25, 0.3) is 0 Å². The highest BCUT2D eigenvalue weighted by atomic mass is 32.2. The summed E-state index contributed by atoms with van der Waals surface area (Å²) in [5, 5.41) is 4.22. The molecule has 0 heterocycles. The van der Waals surface area contributed by atoms with Crippen molar-refractivity contribution in [3.63, 3.8) is 0 Å². The molecule has 0 amide bonds. The van der Waals surface area contributed by atoms with Crippen LogP contribution in [-0.4, -0.2) is 22.5 Å². The van der Waals surface area contributed by atoms with Crippen LogP contribution in [0.15, 0.2) is 91.0 Å². The molecule has 4 heteroatoms. The number of rotatable bonds is 13. The summed E-state index contributed by atoms with van der Waals surface area (Å²) < 4.78 is 2.69. The predicted molar refractivity (Wildman–Crippen MR) is 140 cm³/mol. The highest BCUT2D eigenvalue weighted by Gasteiger charge is 2.16. The first-order chi connectivity index (χ1) is 14.9. The van der Waals surface area contributed by atoms with E-state index in [1.165, 1.54) is 61.8 Å². The normalized spacial score (nSPS) is 11.7. The average Bonchev–Trinajstić information content (AvgIpc) is 2.80. The van der Waals surface area contributed by atoms with Gasteiger partial charge in [0.05, 0.1) is 0 Å². The van der Waals surface area contributed by atoms with Crippen LogP contribution in [0.4, 0.5) is 0 Å². The Morgan fingerprint density at radius 2 is 1.27 bits per heavy atom. The van der Waals surface area contributed by atoms with Gasteiger partial charge < -0.3 is 13.2 Å². The maximum absolute atomic E-state index is 2.69. The van der Waals surface area contributed by atoms with E-state index in [-0.39, 0.29) is 0 Å². The first kappa shape index (κ1) is 23.5. The second-order valence-electron chi connectivity index (χ2n) is 7.19. The number of hydrogen-bond acceptors (Lipinski definition) is 2. The van der Waals surface area contributed by atoms with Gasteiger partial charge in [0.1, 0.15) is 0 Å². The van der Waals surface area contributed by atoms with Crippen LogP contribution in [0.25, 0.3) is 0 Å². The van der Waals surface area contributed by atoms with E-state index in [0.29, 0.717) is 0 Å². The Labute approximate surface area is 190 Å². The molecule has 0 atom stereocenters. The maximum Gasteiger partial charge on any atom is 0.00402 e. The minimum Gasteiger partial charge on any atom is -0.427 e. The monoisotopic (exact) mass is 452 g/mol. The molecule has 3 rings (SSSR count). The summed E-state index contributed by atoms with van der Waals surface area (Å²) in [4.78, 5) is 0. The lowest BCUT2D eigenvalue weighted by atomic mass is 10.2. The molecule has 0 unspecified atom stereocenters. The van der Waals surface area contributed by atoms with E-state index in [2.05, 4.69) is 114 Å². The van der Waals surface area contributed by atoms with Crippen LogP contribution >= 0.6 is 28.6 Å². The van der Waals surface area contributed by atoms with Gasteiger partial charge >= 0.3 is 0 Å². The van der Waals surface area contributed by atoms with Crippen LogP contribution in [0.1, 0.15) is 32.6 Å². The minimum atomic E-state index is -0.561. The lowest BCUT2D eigenvalue weighted by Crippen LogP contribution is -2.26. The molecule has 0 saturated heterocycles. The fraction of sp³-hybridized carbons (Fsp3) is 0.308. The Morgan fingerprint density at radius 1 is 0.700 bits per heavy atom. The van der Waals surface area contributed by atoms with Crippen LogP contribution in [0.3, 0.4) is 0 Å². The van der Waals surface area contributed by atoms with Crippen molar-refractivity contribution in [3.05, 3.63) is 91.0 Å². The number of benzene rings is 3. The molecule has 1 nitrogen and oxygen atoms in total. The molecular formula is C26H32NP2S-. The summed E-state index contributed by atoms with van der Waals surface area (Å²) in [6.07, 6.45) is 5.40. The second-order valence-corrected chi connectivity index (χ2v) is 12.1. The Kier molecular flexibility index (Phi) is 11.0. The van der Waals surface area contributed by atoms with Crippen molar-refractivity contribution in [1.82, 2.24) is 4.44 Å². The van der Waals surface area contributed by atoms with E-state index in [1.54, 1.807) is 0 Å². The first-order valence-corrected chi connectivity index (χ1v) is 14.2. The van der Waals surface area contributed by atoms with Gasteiger partial charge in [-0.15, -0.1) is 0 Å². The van der Waals surface area contributed by atoms with Crippen LogP contribution < -0.4 is 15.9 Å². The fourth-order valence-electron chi connectivity index (χ4n) is 3.26. The number of nitrogens with zero attached hydrogens (tertiary/aromatic N) is 1. The number of hydrogen-bond donors (Lipinski definition) is 0. The highest BCUT2D eigenvalue weighted by molar-refractivity contribution is 7.99. The van der Waals surface area contributed by atoms with Crippen molar-refractivity contribution in [1.29, 1.82) is 0 Å². The third-order valence-electron chi connectivity index (χ3n) is 4.80. The third kappa shape index (κ3) is 7.82. The third-order valence-corrected chi connectivity index (χ3v) is 9.85. The molecule has 30 heavy (non-hydrogen) atoms. The van der Waals surface area contributed by atoms with Crippen molar-refractivity contribution < 1.29 is 0 Å². The summed E-state index contributed by atoms with van der Waals surface area (Å²) in [7, 11) is 0.737. The van der Waals surface area contributed by atoms with E-state index in [9.17, 15) is 0 Å². The van der Waals surface area contributed by atoms with E-state index in [4.69, 9.17) is 0 Å². The molecule has 0 bridgehead atoms. The molecule has 3 aromatic carbocycles. The van der Waals surface area contributed by atoms with Gasteiger partial charge in [-0.25, -0.2) is 0 Å². The lowest BCUT2D eigenvalue weighted by Gasteiger charge is -2.44. The average molecular weight is 453 g/mol. The van der Waals surface area contributed by atoms with Crippen molar-refractivity contribution >= 4 is 44.5 Å². The Hall–Kier alpha value is -1.17. The van der Waals surface area contributed by atoms with Gasteiger partial charge in [0.2, 0.25) is 0 Å². The quantitative estimate of drug-likeness (QED) is 0.206. The smallest absolute Gasteiger partial charge is 0.00402 e. The summed E-state index contributed by atoms with van der Waals surface area (Å²) in [6, 6.07) is 33.0. The van der Waals surface area contributed by atoms with Gasteiger partial charge in [0.15, 0.2) is 0 Å². The van der Waals surface area contributed by atoms with E-state index < -0.39 is 8.07 Å². The zero-order valence-electron chi connectivity index (χ0n) is 17.9. The summed E-state index contributed by atoms with van der Waals surface area (Å²) in [5.41, 5.74) is 0. The lowest BCUT2D eigenvalue weighted by molar-refractivity contribution is 0.705. The van der Waals surface area contributed by atoms with Gasteiger partial charge in [-0.2, -0.15) is 17.1 Å². The molecule has 0 N–H and O–H groups in total. The zero-order valence-corrected chi connectivity index (χ0v) is 20.5. The zero-order chi connectivity index (χ0) is 20.9. The van der Waals surface area contributed by atoms with E-state index >= 15 is 0 Å². The molecule has 0 radical (unpaired) electrons. The number of thioether (sulfide) groups is 1. The van der Waals surface area contributed by atoms with Gasteiger partial charge in [0, 0.05) is 5.75 Å². The summed E-state index contributed by atoms with van der Waals surface area (Å²) in [5.74, 6) is 2.47. The topological polar surface area (TPSA) is 3.24 Å². The molecule has 158 valence electrons. The first-order valence-electron chi connectivity index (χ1n) is 10.9. The van der Waals surface area contributed by atoms with Crippen LogP contribution in [0.2, 0.25) is 0 Å². The SMILES string of the molecule is CCCCCCSCCN([P-]c1ccccc1)P(c1ccccc1)c1ccccc1. The highest BCUT2D eigenvalue weighted by Crippen LogP contribution is 2.45. The van der Waals surface area contributed by atoms with E-state index in [1.807, 2.05) is 0 Å². The minimum absolute atomic E-state index is 0.561. The Bertz CT molecular complexity index is 775.